The molecule has 1 aromatic heterocycles. The molecule has 0 amide bonds. The SMILES string of the molecule is NCc1sc(N2CCOCC2)nc1C(F)(F)F. The van der Waals surface area contributed by atoms with Crippen LogP contribution in [0.5, 0.6) is 0 Å². The Kier molecular flexibility index (Phi) is 3.55. The van der Waals surface area contributed by atoms with Gasteiger partial charge in [0, 0.05) is 19.6 Å². The minimum atomic E-state index is -4.43. The first-order valence-electron chi connectivity index (χ1n) is 5.12. The van der Waals surface area contributed by atoms with Crippen LogP contribution in [0.25, 0.3) is 0 Å². The molecule has 0 saturated carbocycles. The fraction of sp³-hybridized carbons (Fsp3) is 0.667. The van der Waals surface area contributed by atoms with Crippen molar-refractivity contribution in [2.75, 3.05) is 31.2 Å². The van der Waals surface area contributed by atoms with Gasteiger partial charge in [-0.15, -0.1) is 0 Å². The summed E-state index contributed by atoms with van der Waals surface area (Å²) < 4.78 is 43.1. The number of ether oxygens (including phenoxy) is 1. The molecule has 1 saturated heterocycles. The van der Waals surface area contributed by atoms with Crippen LogP contribution in [-0.2, 0) is 17.5 Å². The zero-order valence-electron chi connectivity index (χ0n) is 8.96. The van der Waals surface area contributed by atoms with E-state index in [4.69, 9.17) is 10.5 Å². The Hall–Kier alpha value is -0.860. The lowest BCUT2D eigenvalue weighted by Gasteiger charge is -2.26. The highest BCUT2D eigenvalue weighted by Crippen LogP contribution is 2.37. The quantitative estimate of drug-likeness (QED) is 0.881. The van der Waals surface area contributed by atoms with Crippen LogP contribution < -0.4 is 10.6 Å². The van der Waals surface area contributed by atoms with Gasteiger partial charge >= 0.3 is 6.18 Å². The van der Waals surface area contributed by atoms with Gasteiger partial charge in [0.2, 0.25) is 0 Å². The number of nitrogens with zero attached hydrogens (tertiary/aromatic N) is 2. The van der Waals surface area contributed by atoms with Crippen LogP contribution in [0.2, 0.25) is 0 Å². The van der Waals surface area contributed by atoms with E-state index in [0.29, 0.717) is 31.4 Å². The summed E-state index contributed by atoms with van der Waals surface area (Å²) in [7, 11) is 0. The van der Waals surface area contributed by atoms with E-state index in [1.807, 2.05) is 0 Å². The summed E-state index contributed by atoms with van der Waals surface area (Å²) in [6.07, 6.45) is -4.43. The van der Waals surface area contributed by atoms with Gasteiger partial charge in [0.15, 0.2) is 10.8 Å². The van der Waals surface area contributed by atoms with Crippen LogP contribution in [0.4, 0.5) is 18.3 Å². The highest BCUT2D eigenvalue weighted by Gasteiger charge is 2.37. The standard InChI is InChI=1S/C9H12F3N3OS/c10-9(11,12)7-6(5-13)17-8(14-7)15-1-3-16-4-2-15/h1-5,13H2. The molecular formula is C9H12F3N3OS. The van der Waals surface area contributed by atoms with Gasteiger partial charge in [-0.25, -0.2) is 4.98 Å². The Bertz CT molecular complexity index is 387. The molecular weight excluding hydrogens is 255 g/mol. The molecule has 0 atom stereocenters. The summed E-state index contributed by atoms with van der Waals surface area (Å²) >= 11 is 1.01. The van der Waals surface area contributed by atoms with E-state index in [1.165, 1.54) is 0 Å². The fourth-order valence-corrected chi connectivity index (χ4v) is 2.60. The third-order valence-electron chi connectivity index (χ3n) is 2.42. The molecule has 0 aliphatic carbocycles. The van der Waals surface area contributed by atoms with Crippen molar-refractivity contribution in [3.63, 3.8) is 0 Å². The fourth-order valence-electron chi connectivity index (χ4n) is 1.59. The zero-order chi connectivity index (χ0) is 12.5. The van der Waals surface area contributed by atoms with Gasteiger partial charge in [-0.3, -0.25) is 0 Å². The average molecular weight is 267 g/mol. The Balaban J connectivity index is 2.27. The second kappa shape index (κ2) is 4.79. The molecule has 0 aromatic carbocycles. The number of hydrogen-bond acceptors (Lipinski definition) is 5. The Labute approximate surface area is 100 Å². The van der Waals surface area contributed by atoms with Crippen molar-refractivity contribution in [2.24, 2.45) is 5.73 Å². The van der Waals surface area contributed by atoms with Crippen molar-refractivity contribution >= 4 is 16.5 Å². The molecule has 96 valence electrons. The second-order valence-corrected chi connectivity index (χ2v) is 4.63. The number of thiazole rings is 1. The Morgan fingerprint density at radius 3 is 2.47 bits per heavy atom. The molecule has 4 nitrogen and oxygen atoms in total. The van der Waals surface area contributed by atoms with E-state index in [-0.39, 0.29) is 11.4 Å². The lowest BCUT2D eigenvalue weighted by atomic mass is 10.3. The van der Waals surface area contributed by atoms with Gasteiger partial charge in [0.1, 0.15) is 0 Å². The molecule has 1 aliphatic rings. The summed E-state index contributed by atoms with van der Waals surface area (Å²) in [6.45, 7) is 2.01. The molecule has 2 N–H and O–H groups in total. The van der Waals surface area contributed by atoms with Crippen LogP contribution in [0.15, 0.2) is 0 Å². The number of alkyl halides is 3. The smallest absolute Gasteiger partial charge is 0.378 e. The van der Waals surface area contributed by atoms with Gasteiger partial charge in [-0.1, -0.05) is 11.3 Å². The highest BCUT2D eigenvalue weighted by molar-refractivity contribution is 7.15. The first kappa shape index (κ1) is 12.6. The highest BCUT2D eigenvalue weighted by atomic mass is 32.1. The number of halogens is 3. The average Bonchev–Trinajstić information content (AvgIpc) is 2.74. The van der Waals surface area contributed by atoms with Gasteiger partial charge in [-0.05, 0) is 0 Å². The maximum Gasteiger partial charge on any atom is 0.434 e. The van der Waals surface area contributed by atoms with Crippen molar-refractivity contribution in [3.8, 4) is 0 Å². The number of anilines is 1. The monoisotopic (exact) mass is 267 g/mol. The summed E-state index contributed by atoms with van der Waals surface area (Å²) in [5.74, 6) is 0. The van der Waals surface area contributed by atoms with E-state index >= 15 is 0 Å². The predicted molar refractivity (Wildman–Crippen MR) is 58.0 cm³/mol. The zero-order valence-corrected chi connectivity index (χ0v) is 9.77. The summed E-state index contributed by atoms with van der Waals surface area (Å²) in [6, 6.07) is 0. The van der Waals surface area contributed by atoms with Crippen LogP contribution in [0.3, 0.4) is 0 Å². The molecule has 1 fully saturated rings. The van der Waals surface area contributed by atoms with Crippen molar-refractivity contribution in [1.29, 1.82) is 0 Å². The van der Waals surface area contributed by atoms with Crippen molar-refractivity contribution in [2.45, 2.75) is 12.7 Å². The van der Waals surface area contributed by atoms with Gasteiger partial charge < -0.3 is 15.4 Å². The summed E-state index contributed by atoms with van der Waals surface area (Å²) in [5, 5.41) is 0.376. The maximum absolute atomic E-state index is 12.7. The van der Waals surface area contributed by atoms with Crippen LogP contribution in [0.1, 0.15) is 10.6 Å². The van der Waals surface area contributed by atoms with Crippen LogP contribution >= 0.6 is 11.3 Å². The first-order chi connectivity index (χ1) is 8.02. The van der Waals surface area contributed by atoms with E-state index in [0.717, 1.165) is 11.3 Å². The number of morpholine rings is 1. The Morgan fingerprint density at radius 1 is 1.35 bits per heavy atom. The lowest BCUT2D eigenvalue weighted by molar-refractivity contribution is -0.141. The molecule has 17 heavy (non-hydrogen) atoms. The van der Waals surface area contributed by atoms with E-state index in [1.54, 1.807) is 4.90 Å². The normalized spacial score (nSPS) is 17.5. The number of hydrogen-bond donors (Lipinski definition) is 1. The molecule has 0 radical (unpaired) electrons. The van der Waals surface area contributed by atoms with Crippen LogP contribution in [-0.4, -0.2) is 31.3 Å². The third kappa shape index (κ3) is 2.70. The molecule has 2 rings (SSSR count). The second-order valence-electron chi connectivity index (χ2n) is 3.57. The molecule has 8 heteroatoms. The van der Waals surface area contributed by atoms with Gasteiger partial charge in [-0.2, -0.15) is 13.2 Å². The first-order valence-corrected chi connectivity index (χ1v) is 5.93. The molecule has 0 unspecified atom stereocenters. The van der Waals surface area contributed by atoms with E-state index < -0.39 is 11.9 Å². The summed E-state index contributed by atoms with van der Waals surface area (Å²) in [4.78, 5) is 5.54. The van der Waals surface area contributed by atoms with E-state index in [2.05, 4.69) is 4.98 Å². The predicted octanol–water partition coefficient (Wildman–Crippen LogP) is 1.46. The van der Waals surface area contributed by atoms with Crippen LogP contribution in [0, 0.1) is 0 Å². The number of rotatable bonds is 2. The molecule has 0 bridgehead atoms. The minimum Gasteiger partial charge on any atom is -0.378 e. The van der Waals surface area contributed by atoms with Crippen molar-refractivity contribution in [1.82, 2.24) is 4.98 Å². The topological polar surface area (TPSA) is 51.4 Å². The number of aromatic nitrogens is 1. The van der Waals surface area contributed by atoms with Gasteiger partial charge in [0.05, 0.1) is 18.1 Å². The summed E-state index contributed by atoms with van der Waals surface area (Å²) in [5.41, 5.74) is 4.46. The van der Waals surface area contributed by atoms with Gasteiger partial charge in [0.25, 0.3) is 0 Å². The maximum atomic E-state index is 12.7. The largest absolute Gasteiger partial charge is 0.434 e. The minimum absolute atomic E-state index is 0.0824. The third-order valence-corrected chi connectivity index (χ3v) is 3.56. The molecule has 2 heterocycles. The molecule has 0 spiro atoms. The lowest BCUT2D eigenvalue weighted by Crippen LogP contribution is -2.36. The molecule has 1 aromatic rings. The molecule has 1 aliphatic heterocycles. The Morgan fingerprint density at radius 2 is 2.00 bits per heavy atom. The van der Waals surface area contributed by atoms with E-state index in [9.17, 15) is 13.2 Å². The van der Waals surface area contributed by atoms with Crippen molar-refractivity contribution < 1.29 is 17.9 Å². The number of nitrogens with two attached hydrogens (primary N) is 1. The van der Waals surface area contributed by atoms with Crippen molar-refractivity contribution in [3.05, 3.63) is 10.6 Å².